The van der Waals surface area contributed by atoms with Gasteiger partial charge in [0.1, 0.15) is 11.9 Å². The molecular weight excluding hydrogens is 290 g/mol. The van der Waals surface area contributed by atoms with Crippen molar-refractivity contribution in [3.05, 3.63) is 59.8 Å². The lowest BCUT2D eigenvalue weighted by molar-refractivity contribution is -0.139. The number of hydrogen-bond acceptors (Lipinski definition) is 4. The molecule has 0 radical (unpaired) electrons. The molecule has 0 bridgehead atoms. The third kappa shape index (κ3) is 3.87. The van der Waals surface area contributed by atoms with Crippen molar-refractivity contribution in [2.24, 2.45) is 0 Å². The van der Waals surface area contributed by atoms with Gasteiger partial charge in [0.2, 0.25) is 0 Å². The van der Waals surface area contributed by atoms with Gasteiger partial charge in [0.05, 0.1) is 0 Å². The summed E-state index contributed by atoms with van der Waals surface area (Å²) in [4.78, 5) is 18.2. The Morgan fingerprint density at radius 2 is 1.91 bits per heavy atom. The number of carbonyl (C=O) groups is 1. The summed E-state index contributed by atoms with van der Waals surface area (Å²) in [7, 11) is 0. The van der Waals surface area contributed by atoms with E-state index < -0.39 is 12.0 Å². The number of rotatable bonds is 6. The highest BCUT2D eigenvalue weighted by atomic mass is 16.4. The molecule has 23 heavy (non-hydrogen) atoms. The molecule has 5 heteroatoms. The molecule has 0 aliphatic carbocycles. The van der Waals surface area contributed by atoms with Crippen LogP contribution in [0, 0.1) is 0 Å². The van der Waals surface area contributed by atoms with Crippen LogP contribution in [0.1, 0.15) is 30.0 Å². The molecule has 120 valence electrons. The Balaban J connectivity index is 1.63. The van der Waals surface area contributed by atoms with E-state index in [9.17, 15) is 9.90 Å². The summed E-state index contributed by atoms with van der Waals surface area (Å²) in [6.07, 6.45) is 4.27. The van der Waals surface area contributed by atoms with Gasteiger partial charge >= 0.3 is 5.97 Å². The maximum absolute atomic E-state index is 11.5. The Kier molecular flexibility index (Phi) is 4.88. The van der Waals surface area contributed by atoms with Crippen molar-refractivity contribution in [3.63, 3.8) is 0 Å². The Hall–Kier alpha value is -2.40. The monoisotopic (exact) mass is 311 g/mol. The standard InChI is InChI=1S/C18H21N3O2/c22-18(23)17(15-6-2-1-3-7-15)20-13-14-8-9-16(19-12-14)21-10-4-5-11-21/h1-3,6-9,12,17,20H,4-5,10-11,13H2,(H,22,23)/t17-/m1/s1. The first-order valence-electron chi connectivity index (χ1n) is 7.95. The molecule has 5 nitrogen and oxygen atoms in total. The van der Waals surface area contributed by atoms with Crippen LogP contribution < -0.4 is 10.2 Å². The molecular formula is C18H21N3O2. The van der Waals surface area contributed by atoms with Gasteiger partial charge in [0.25, 0.3) is 0 Å². The van der Waals surface area contributed by atoms with E-state index in [4.69, 9.17) is 0 Å². The summed E-state index contributed by atoms with van der Waals surface area (Å²) < 4.78 is 0. The van der Waals surface area contributed by atoms with Gasteiger partial charge < -0.3 is 10.0 Å². The summed E-state index contributed by atoms with van der Waals surface area (Å²) in [5.41, 5.74) is 1.73. The number of nitrogens with one attached hydrogen (secondary N) is 1. The Labute approximate surface area is 136 Å². The van der Waals surface area contributed by atoms with Crippen LogP contribution >= 0.6 is 0 Å². The summed E-state index contributed by atoms with van der Waals surface area (Å²) in [5.74, 6) is 0.127. The second-order valence-electron chi connectivity index (χ2n) is 5.78. The number of benzene rings is 1. The molecule has 2 heterocycles. The summed E-state index contributed by atoms with van der Waals surface area (Å²) >= 11 is 0. The van der Waals surface area contributed by atoms with Crippen LogP contribution in [0.5, 0.6) is 0 Å². The first kappa shape index (κ1) is 15.5. The third-order valence-electron chi connectivity index (χ3n) is 4.13. The summed E-state index contributed by atoms with van der Waals surface area (Å²) in [5, 5.41) is 12.5. The van der Waals surface area contributed by atoms with Crippen LogP contribution in [-0.2, 0) is 11.3 Å². The normalized spacial score (nSPS) is 15.6. The lowest BCUT2D eigenvalue weighted by atomic mass is 10.1. The van der Waals surface area contributed by atoms with Gasteiger partial charge in [-0.05, 0) is 30.0 Å². The number of carboxylic acids is 1. The van der Waals surface area contributed by atoms with Crippen LogP contribution in [0.3, 0.4) is 0 Å². The molecule has 1 aliphatic rings. The number of nitrogens with zero attached hydrogens (tertiary/aromatic N) is 2. The minimum atomic E-state index is -0.877. The van der Waals surface area contributed by atoms with Gasteiger partial charge in [-0.3, -0.25) is 10.1 Å². The third-order valence-corrected chi connectivity index (χ3v) is 4.13. The number of aromatic nitrogens is 1. The topological polar surface area (TPSA) is 65.5 Å². The Morgan fingerprint density at radius 3 is 2.52 bits per heavy atom. The molecule has 1 aromatic carbocycles. The van der Waals surface area contributed by atoms with E-state index in [1.54, 1.807) is 0 Å². The largest absolute Gasteiger partial charge is 0.480 e. The highest BCUT2D eigenvalue weighted by Crippen LogP contribution is 2.18. The Bertz CT molecular complexity index is 637. The zero-order valence-electron chi connectivity index (χ0n) is 13.0. The maximum atomic E-state index is 11.5. The molecule has 0 spiro atoms. The molecule has 1 saturated heterocycles. The van der Waals surface area contributed by atoms with Crippen LogP contribution in [0.25, 0.3) is 0 Å². The fourth-order valence-corrected chi connectivity index (χ4v) is 2.87. The van der Waals surface area contributed by atoms with E-state index in [0.29, 0.717) is 6.54 Å². The maximum Gasteiger partial charge on any atom is 0.325 e. The van der Waals surface area contributed by atoms with Crippen molar-refractivity contribution in [2.45, 2.75) is 25.4 Å². The van der Waals surface area contributed by atoms with Crippen LogP contribution in [0.4, 0.5) is 5.82 Å². The smallest absolute Gasteiger partial charge is 0.325 e. The summed E-state index contributed by atoms with van der Waals surface area (Å²) in [6, 6.07) is 12.5. The first-order chi connectivity index (χ1) is 11.2. The second-order valence-corrected chi connectivity index (χ2v) is 5.78. The fraction of sp³-hybridized carbons (Fsp3) is 0.333. The van der Waals surface area contributed by atoms with Gasteiger partial charge in [-0.25, -0.2) is 4.98 Å². The van der Waals surface area contributed by atoms with E-state index in [0.717, 1.165) is 30.0 Å². The molecule has 0 saturated carbocycles. The first-order valence-corrected chi connectivity index (χ1v) is 7.95. The second kappa shape index (κ2) is 7.24. The predicted octanol–water partition coefficient (Wildman–Crippen LogP) is 2.60. The van der Waals surface area contributed by atoms with E-state index in [1.165, 1.54) is 12.8 Å². The predicted molar refractivity (Wildman–Crippen MR) is 89.3 cm³/mol. The number of carboxylic acid groups (broad SMARTS) is 1. The molecule has 2 aromatic rings. The van der Waals surface area contributed by atoms with Crippen molar-refractivity contribution in [3.8, 4) is 0 Å². The SMILES string of the molecule is O=C(O)[C@H](NCc1ccc(N2CCCC2)nc1)c1ccccc1. The van der Waals surface area contributed by atoms with Crippen LogP contribution in [0.15, 0.2) is 48.7 Å². The van der Waals surface area contributed by atoms with Crippen LogP contribution in [0.2, 0.25) is 0 Å². The highest BCUT2D eigenvalue weighted by molar-refractivity contribution is 5.75. The van der Waals surface area contributed by atoms with Gasteiger partial charge in [-0.15, -0.1) is 0 Å². The van der Waals surface area contributed by atoms with Gasteiger partial charge in [0.15, 0.2) is 0 Å². The van der Waals surface area contributed by atoms with E-state index >= 15 is 0 Å². The van der Waals surface area contributed by atoms with Gasteiger partial charge in [-0.2, -0.15) is 0 Å². The zero-order valence-corrected chi connectivity index (χ0v) is 13.0. The zero-order chi connectivity index (χ0) is 16.1. The van der Waals surface area contributed by atoms with E-state index in [2.05, 4.69) is 15.2 Å². The molecule has 3 rings (SSSR count). The molecule has 0 unspecified atom stereocenters. The molecule has 1 fully saturated rings. The van der Waals surface area contributed by atoms with Gasteiger partial charge in [0, 0.05) is 25.8 Å². The molecule has 0 amide bonds. The lowest BCUT2D eigenvalue weighted by Gasteiger charge is -2.17. The van der Waals surface area contributed by atoms with E-state index in [-0.39, 0.29) is 0 Å². The molecule has 1 aromatic heterocycles. The van der Waals surface area contributed by atoms with Crippen molar-refractivity contribution in [2.75, 3.05) is 18.0 Å². The van der Waals surface area contributed by atoms with Crippen molar-refractivity contribution in [1.82, 2.24) is 10.3 Å². The van der Waals surface area contributed by atoms with Crippen molar-refractivity contribution in [1.29, 1.82) is 0 Å². The van der Waals surface area contributed by atoms with Crippen molar-refractivity contribution < 1.29 is 9.90 Å². The minimum absolute atomic E-state index is 0.471. The fourth-order valence-electron chi connectivity index (χ4n) is 2.87. The number of hydrogen-bond donors (Lipinski definition) is 2. The quantitative estimate of drug-likeness (QED) is 0.858. The lowest BCUT2D eigenvalue weighted by Crippen LogP contribution is -2.28. The molecule has 2 N–H and O–H groups in total. The summed E-state index contributed by atoms with van der Waals surface area (Å²) in [6.45, 7) is 2.61. The minimum Gasteiger partial charge on any atom is -0.480 e. The highest BCUT2D eigenvalue weighted by Gasteiger charge is 2.19. The molecule has 1 atom stereocenters. The van der Waals surface area contributed by atoms with Crippen LogP contribution in [-0.4, -0.2) is 29.1 Å². The average molecular weight is 311 g/mol. The number of anilines is 1. The average Bonchev–Trinajstić information content (AvgIpc) is 3.11. The molecule has 1 aliphatic heterocycles. The number of pyridine rings is 1. The number of aliphatic carboxylic acids is 1. The van der Waals surface area contributed by atoms with E-state index in [1.807, 2.05) is 48.7 Å². The van der Waals surface area contributed by atoms with Crippen molar-refractivity contribution >= 4 is 11.8 Å². The Morgan fingerprint density at radius 1 is 1.17 bits per heavy atom. The van der Waals surface area contributed by atoms with Gasteiger partial charge in [-0.1, -0.05) is 36.4 Å².